The Balaban J connectivity index is 0.00000142. The van der Waals surface area contributed by atoms with Gasteiger partial charge in [0.2, 0.25) is 0 Å². The molecule has 1 aliphatic carbocycles. The van der Waals surface area contributed by atoms with Crippen LogP contribution in [0, 0.1) is 61.3 Å². The minimum Gasteiger partial charge on any atom is -0.508 e. The average molecular weight is 896 g/mol. The van der Waals surface area contributed by atoms with Crippen LogP contribution in [0.1, 0.15) is 102 Å². The summed E-state index contributed by atoms with van der Waals surface area (Å²) in [7, 11) is 2.72. The van der Waals surface area contributed by atoms with E-state index in [1.165, 1.54) is 39.5 Å². The summed E-state index contributed by atoms with van der Waals surface area (Å²) in [6.07, 6.45) is 5.66. The van der Waals surface area contributed by atoms with E-state index in [4.69, 9.17) is 18.9 Å². The van der Waals surface area contributed by atoms with Crippen molar-refractivity contribution in [1.82, 2.24) is 0 Å². The fourth-order valence-electron chi connectivity index (χ4n) is 6.44. The van der Waals surface area contributed by atoms with Crippen LogP contribution in [0.5, 0.6) is 23.0 Å². The van der Waals surface area contributed by atoms with Crippen molar-refractivity contribution in [3.05, 3.63) is 113 Å². The quantitative estimate of drug-likeness (QED) is 0.0411. The van der Waals surface area contributed by atoms with Crippen LogP contribution >= 0.6 is 15.9 Å². The van der Waals surface area contributed by atoms with E-state index >= 15 is 0 Å². The van der Waals surface area contributed by atoms with Gasteiger partial charge in [0.1, 0.15) is 45.1 Å². The topological polar surface area (TPSA) is 209 Å². The number of halogens is 1. The van der Waals surface area contributed by atoms with E-state index in [1.807, 2.05) is 20.8 Å². The van der Waals surface area contributed by atoms with E-state index in [2.05, 4.69) is 20.7 Å². The van der Waals surface area contributed by atoms with Crippen molar-refractivity contribution in [1.29, 1.82) is 0 Å². The first-order valence-corrected chi connectivity index (χ1v) is 19.5. The van der Waals surface area contributed by atoms with Gasteiger partial charge in [-0.25, -0.2) is 14.4 Å². The standard InChI is InChI=1S/C39H39BrO12.C4H6O2.C2H6/c1-11-24-22(9)29(36(44)45)18(5)20(7)34(24)51-37(46)28-15(2)12-26(16(3)17(28)4)50-38(47)30-19(6)21(8)35(32(40)33(30)43)52-39(48)31-25(42)13-23(41)14-27(31)49-10;1-6-4-2-3-5;1-2/h12-14,31,41,43H,11H2,1-10H3,(H,44,45);2-4H,1H3;1-2H3/b;4-2+;. The van der Waals surface area contributed by atoms with Gasteiger partial charge in [0, 0.05) is 18.2 Å². The van der Waals surface area contributed by atoms with Crippen molar-refractivity contribution < 1.29 is 67.8 Å². The fourth-order valence-corrected chi connectivity index (χ4v) is 7.02. The maximum absolute atomic E-state index is 13.7. The van der Waals surface area contributed by atoms with Crippen LogP contribution in [0.3, 0.4) is 0 Å². The molecule has 0 saturated carbocycles. The zero-order valence-electron chi connectivity index (χ0n) is 36.0. The number of aromatic carboxylic acids is 1. The van der Waals surface area contributed by atoms with Crippen molar-refractivity contribution in [2.45, 2.75) is 82.6 Å². The monoisotopic (exact) mass is 894 g/mol. The second-order valence-electron chi connectivity index (χ2n) is 13.2. The van der Waals surface area contributed by atoms with Gasteiger partial charge in [-0.3, -0.25) is 14.4 Å². The lowest BCUT2D eigenvalue weighted by molar-refractivity contribution is -0.142. The predicted octanol–water partition coefficient (Wildman–Crippen LogP) is 8.77. The molecule has 1 aliphatic rings. The minimum absolute atomic E-state index is 0.119. The van der Waals surface area contributed by atoms with Gasteiger partial charge in [-0.15, -0.1) is 0 Å². The first-order chi connectivity index (χ1) is 28.2. The Morgan fingerprint density at radius 2 is 1.30 bits per heavy atom. The highest BCUT2D eigenvalue weighted by Gasteiger charge is 2.37. The molecule has 60 heavy (non-hydrogen) atoms. The molecule has 1 atom stereocenters. The van der Waals surface area contributed by atoms with Crippen LogP contribution in [-0.4, -0.2) is 65.5 Å². The third-order valence-electron chi connectivity index (χ3n) is 9.84. The van der Waals surface area contributed by atoms with Gasteiger partial charge in [-0.05, 0) is 134 Å². The number of hydrogen-bond acceptors (Lipinski definition) is 13. The SMILES string of the molecule is CC.CCc1c(C)c(C(=O)O)c(C)c(C)c1OC(=O)c1c(C)cc(OC(=O)c2c(C)c(C)c(OC(=O)C3C(=O)C=C(O)C=C3OC)c(Br)c2O)c(C)c1C.CO/C=C/C=O. The summed E-state index contributed by atoms with van der Waals surface area (Å²) in [6.45, 7) is 19.0. The number of aromatic hydroxyl groups is 1. The lowest BCUT2D eigenvalue weighted by Gasteiger charge is -2.22. The number of carbonyl (C=O) groups excluding carboxylic acids is 5. The summed E-state index contributed by atoms with van der Waals surface area (Å²) >= 11 is 3.21. The summed E-state index contributed by atoms with van der Waals surface area (Å²) in [5.74, 6) is -6.79. The number of aliphatic hydroxyl groups is 1. The molecule has 0 aromatic heterocycles. The molecule has 0 spiro atoms. The molecule has 15 heteroatoms. The largest absolute Gasteiger partial charge is 0.508 e. The van der Waals surface area contributed by atoms with Crippen molar-refractivity contribution >= 4 is 51.9 Å². The molecule has 3 N–H and O–H groups in total. The van der Waals surface area contributed by atoms with Crippen LogP contribution < -0.4 is 14.2 Å². The van der Waals surface area contributed by atoms with E-state index in [9.17, 15) is 44.1 Å². The number of carbonyl (C=O) groups is 6. The third-order valence-corrected chi connectivity index (χ3v) is 10.6. The Hall–Kier alpha value is -6.22. The van der Waals surface area contributed by atoms with Crippen molar-refractivity contribution in [3.8, 4) is 23.0 Å². The van der Waals surface area contributed by atoms with Crippen LogP contribution in [0.4, 0.5) is 0 Å². The van der Waals surface area contributed by atoms with E-state index in [-0.39, 0.29) is 55.3 Å². The Labute approximate surface area is 357 Å². The zero-order valence-corrected chi connectivity index (χ0v) is 37.5. The lowest BCUT2D eigenvalue weighted by atomic mass is 9.91. The number of phenolic OH excluding ortho intramolecular Hbond substituents is 1. The second kappa shape index (κ2) is 21.7. The van der Waals surface area contributed by atoms with E-state index in [0.29, 0.717) is 57.4 Å². The Kier molecular flexibility index (Phi) is 18.0. The number of aryl methyl sites for hydroxylation is 1. The lowest BCUT2D eigenvalue weighted by Crippen LogP contribution is -2.32. The van der Waals surface area contributed by atoms with E-state index < -0.39 is 41.3 Å². The maximum atomic E-state index is 13.7. The normalized spacial score (nSPS) is 13.1. The molecule has 3 aromatic rings. The molecule has 4 rings (SSSR count). The van der Waals surface area contributed by atoms with Gasteiger partial charge < -0.3 is 39.0 Å². The number of ether oxygens (including phenoxy) is 5. The number of allylic oxidation sites excluding steroid dienone is 3. The van der Waals surface area contributed by atoms with E-state index in [0.717, 1.165) is 12.2 Å². The number of aliphatic hydroxyl groups excluding tert-OH is 1. The van der Waals surface area contributed by atoms with Gasteiger partial charge in [0.05, 0.1) is 31.6 Å². The number of phenols is 1. The van der Waals surface area contributed by atoms with Crippen molar-refractivity contribution in [2.75, 3.05) is 14.2 Å². The maximum Gasteiger partial charge on any atom is 0.347 e. The molecule has 1 unspecified atom stereocenters. The highest BCUT2D eigenvalue weighted by molar-refractivity contribution is 9.10. The minimum atomic E-state index is -1.50. The zero-order chi connectivity index (χ0) is 45.9. The molecule has 0 fully saturated rings. The molecule has 0 aliphatic heterocycles. The molecule has 0 heterocycles. The number of ketones is 1. The number of rotatable bonds is 11. The predicted molar refractivity (Wildman–Crippen MR) is 226 cm³/mol. The van der Waals surface area contributed by atoms with Gasteiger partial charge in [-0.2, -0.15) is 0 Å². The molecule has 0 amide bonds. The van der Waals surface area contributed by atoms with Gasteiger partial charge in [-0.1, -0.05) is 20.8 Å². The number of carboxylic acid groups (broad SMARTS) is 1. The molecule has 0 saturated heterocycles. The van der Waals surface area contributed by atoms with Crippen LogP contribution in [-0.2, 0) is 30.3 Å². The Bertz CT molecular complexity index is 2280. The number of esters is 3. The second-order valence-corrected chi connectivity index (χ2v) is 14.0. The highest BCUT2D eigenvalue weighted by atomic mass is 79.9. The summed E-state index contributed by atoms with van der Waals surface area (Å²) < 4.78 is 26.6. The van der Waals surface area contributed by atoms with Gasteiger partial charge >= 0.3 is 23.9 Å². The number of carboxylic acids is 1. The number of aldehydes is 1. The van der Waals surface area contributed by atoms with Crippen LogP contribution in [0.15, 0.2) is 46.5 Å². The Morgan fingerprint density at radius 1 is 0.750 bits per heavy atom. The molecular weight excluding hydrogens is 844 g/mol. The molecular formula is C45H51BrO14. The highest BCUT2D eigenvalue weighted by Crippen LogP contribution is 2.43. The fraction of sp³-hybridized carbons (Fsp3) is 0.333. The summed E-state index contributed by atoms with van der Waals surface area (Å²) in [6, 6.07) is 1.51. The Morgan fingerprint density at radius 3 is 1.82 bits per heavy atom. The van der Waals surface area contributed by atoms with Crippen LogP contribution in [0.2, 0.25) is 0 Å². The molecule has 14 nitrogen and oxygen atoms in total. The molecule has 0 bridgehead atoms. The molecule has 322 valence electrons. The van der Waals surface area contributed by atoms with E-state index in [1.54, 1.807) is 48.5 Å². The first-order valence-electron chi connectivity index (χ1n) is 18.7. The van der Waals surface area contributed by atoms with Gasteiger partial charge in [0.25, 0.3) is 0 Å². The smallest absolute Gasteiger partial charge is 0.347 e. The first kappa shape index (κ1) is 49.9. The summed E-state index contributed by atoms with van der Waals surface area (Å²) in [5.41, 5.74) is 4.23. The number of benzene rings is 3. The van der Waals surface area contributed by atoms with Crippen molar-refractivity contribution in [2.24, 2.45) is 5.92 Å². The molecule has 3 aromatic carbocycles. The summed E-state index contributed by atoms with van der Waals surface area (Å²) in [4.78, 5) is 74.3. The van der Waals surface area contributed by atoms with Crippen LogP contribution in [0.25, 0.3) is 0 Å². The van der Waals surface area contributed by atoms with Crippen molar-refractivity contribution in [3.63, 3.8) is 0 Å². The molecule has 0 radical (unpaired) electrons. The average Bonchev–Trinajstić information content (AvgIpc) is 3.19. The summed E-state index contributed by atoms with van der Waals surface area (Å²) in [5, 5.41) is 30.7. The number of methoxy groups -OCH3 is 2. The third kappa shape index (κ3) is 10.5. The van der Waals surface area contributed by atoms with Gasteiger partial charge in [0.15, 0.2) is 17.5 Å². The number of hydrogen-bond donors (Lipinski definition) is 3.